The fourth-order valence-corrected chi connectivity index (χ4v) is 3.83. The molecule has 0 bridgehead atoms. The van der Waals surface area contributed by atoms with Crippen LogP contribution in [0.4, 0.5) is 10.9 Å². The van der Waals surface area contributed by atoms with Crippen molar-refractivity contribution in [2.75, 3.05) is 34.8 Å². The second kappa shape index (κ2) is 7.14. The van der Waals surface area contributed by atoms with Gasteiger partial charge in [0.15, 0.2) is 5.13 Å². The number of aryl methyl sites for hydroxylation is 1. The van der Waals surface area contributed by atoms with Crippen LogP contribution in [0.5, 0.6) is 0 Å². The first-order chi connectivity index (χ1) is 11.1. The summed E-state index contributed by atoms with van der Waals surface area (Å²) in [5.74, 6) is 2.53. The Labute approximate surface area is 141 Å². The number of thioether (sulfide) groups is 1. The fourth-order valence-electron chi connectivity index (χ4n) is 2.22. The zero-order valence-electron chi connectivity index (χ0n) is 12.7. The smallest absolute Gasteiger partial charge is 0.267 e. The fraction of sp³-hybridized carbons (Fsp3) is 0.429. The number of amides is 1. The number of aromatic nitrogens is 3. The maximum atomic E-state index is 12.1. The van der Waals surface area contributed by atoms with E-state index in [9.17, 15) is 9.59 Å². The predicted molar refractivity (Wildman–Crippen MR) is 93.5 cm³/mol. The molecule has 0 aliphatic carbocycles. The maximum Gasteiger partial charge on any atom is 0.267 e. The van der Waals surface area contributed by atoms with Crippen molar-refractivity contribution in [3.63, 3.8) is 0 Å². The van der Waals surface area contributed by atoms with Gasteiger partial charge in [-0.15, -0.1) is 11.3 Å². The van der Waals surface area contributed by atoms with Gasteiger partial charge in [-0.2, -0.15) is 16.9 Å². The van der Waals surface area contributed by atoms with Crippen LogP contribution in [0.1, 0.15) is 5.69 Å². The zero-order chi connectivity index (χ0) is 16.2. The first-order valence-corrected chi connectivity index (χ1v) is 9.28. The van der Waals surface area contributed by atoms with E-state index in [0.29, 0.717) is 5.13 Å². The van der Waals surface area contributed by atoms with Crippen LogP contribution in [0.15, 0.2) is 22.3 Å². The normalized spacial score (nSPS) is 14.7. The summed E-state index contributed by atoms with van der Waals surface area (Å²) in [6, 6.07) is 3.18. The van der Waals surface area contributed by atoms with Gasteiger partial charge in [-0.3, -0.25) is 9.59 Å². The molecule has 1 saturated heterocycles. The molecule has 3 rings (SSSR count). The molecule has 2 aromatic rings. The molecule has 0 atom stereocenters. The molecule has 7 nitrogen and oxygen atoms in total. The quantitative estimate of drug-likeness (QED) is 0.892. The molecule has 23 heavy (non-hydrogen) atoms. The molecule has 1 fully saturated rings. The van der Waals surface area contributed by atoms with Gasteiger partial charge < -0.3 is 10.2 Å². The van der Waals surface area contributed by atoms with E-state index in [1.165, 1.54) is 22.1 Å². The highest BCUT2D eigenvalue weighted by atomic mass is 32.2. The number of hydrogen-bond acceptors (Lipinski definition) is 7. The van der Waals surface area contributed by atoms with E-state index in [2.05, 4.69) is 20.3 Å². The molecule has 0 aromatic carbocycles. The van der Waals surface area contributed by atoms with Crippen molar-refractivity contribution in [1.82, 2.24) is 14.8 Å². The Morgan fingerprint density at radius 1 is 1.35 bits per heavy atom. The second-order valence-electron chi connectivity index (χ2n) is 5.13. The number of carbonyl (C=O) groups is 1. The number of hydrogen-bond donors (Lipinski definition) is 1. The van der Waals surface area contributed by atoms with Gasteiger partial charge in [-0.1, -0.05) is 0 Å². The minimum absolute atomic E-state index is 0.117. The third-order valence-corrected chi connectivity index (χ3v) is 5.16. The van der Waals surface area contributed by atoms with Crippen molar-refractivity contribution in [3.8, 4) is 0 Å². The minimum atomic E-state index is -0.305. The SMILES string of the molecule is Cc1csc(NC(=O)Cn2nc(N3CCSCC3)ccc2=O)n1. The number of nitrogens with zero attached hydrogens (tertiary/aromatic N) is 4. The van der Waals surface area contributed by atoms with Crippen LogP contribution in [0.2, 0.25) is 0 Å². The van der Waals surface area contributed by atoms with Gasteiger partial charge in [0.1, 0.15) is 12.4 Å². The van der Waals surface area contributed by atoms with Crippen LogP contribution in [0.25, 0.3) is 0 Å². The average molecular weight is 351 g/mol. The van der Waals surface area contributed by atoms with Crippen LogP contribution >= 0.6 is 23.1 Å². The molecule has 1 amide bonds. The van der Waals surface area contributed by atoms with Gasteiger partial charge in [-0.25, -0.2) is 9.67 Å². The molecule has 1 aliphatic heterocycles. The molecule has 1 aliphatic rings. The number of rotatable bonds is 4. The largest absolute Gasteiger partial charge is 0.354 e. The lowest BCUT2D eigenvalue weighted by Crippen LogP contribution is -2.36. The van der Waals surface area contributed by atoms with Crippen molar-refractivity contribution in [2.24, 2.45) is 0 Å². The highest BCUT2D eigenvalue weighted by Crippen LogP contribution is 2.16. The Morgan fingerprint density at radius 2 is 2.13 bits per heavy atom. The maximum absolute atomic E-state index is 12.1. The van der Waals surface area contributed by atoms with Crippen LogP contribution < -0.4 is 15.8 Å². The van der Waals surface area contributed by atoms with Gasteiger partial charge in [0, 0.05) is 36.0 Å². The Morgan fingerprint density at radius 3 is 2.83 bits per heavy atom. The molecular weight excluding hydrogens is 334 g/mol. The number of nitrogens with one attached hydrogen (secondary N) is 1. The summed E-state index contributed by atoms with van der Waals surface area (Å²) >= 11 is 3.26. The van der Waals surface area contributed by atoms with Crippen molar-refractivity contribution < 1.29 is 4.79 Å². The van der Waals surface area contributed by atoms with E-state index >= 15 is 0 Å². The highest BCUT2D eigenvalue weighted by molar-refractivity contribution is 7.99. The van der Waals surface area contributed by atoms with Gasteiger partial charge in [0.05, 0.1) is 5.69 Å². The molecule has 0 spiro atoms. The molecular formula is C14H17N5O2S2. The molecule has 3 heterocycles. The van der Waals surface area contributed by atoms with Crippen LogP contribution in [-0.2, 0) is 11.3 Å². The molecule has 122 valence electrons. The monoisotopic (exact) mass is 351 g/mol. The van der Waals surface area contributed by atoms with Crippen LogP contribution in [0, 0.1) is 6.92 Å². The minimum Gasteiger partial charge on any atom is -0.354 e. The standard InChI is InChI=1S/C14H17N5O2S2/c1-10-9-23-14(15-10)16-12(20)8-19-13(21)3-2-11(17-19)18-4-6-22-7-5-18/h2-3,9H,4-8H2,1H3,(H,15,16,20). The summed E-state index contributed by atoms with van der Waals surface area (Å²) in [6.45, 7) is 3.55. The average Bonchev–Trinajstić information content (AvgIpc) is 2.95. The van der Waals surface area contributed by atoms with E-state index in [4.69, 9.17) is 0 Å². The predicted octanol–water partition coefficient (Wildman–Crippen LogP) is 1.20. The lowest BCUT2D eigenvalue weighted by molar-refractivity contribution is -0.117. The van der Waals surface area contributed by atoms with Crippen molar-refractivity contribution in [1.29, 1.82) is 0 Å². The van der Waals surface area contributed by atoms with Gasteiger partial charge in [0.2, 0.25) is 5.91 Å². The zero-order valence-corrected chi connectivity index (χ0v) is 14.3. The van der Waals surface area contributed by atoms with Crippen molar-refractivity contribution in [2.45, 2.75) is 13.5 Å². The molecule has 2 aromatic heterocycles. The van der Waals surface area contributed by atoms with E-state index < -0.39 is 0 Å². The molecule has 0 saturated carbocycles. The van der Waals surface area contributed by atoms with Gasteiger partial charge in [-0.05, 0) is 13.0 Å². The topological polar surface area (TPSA) is 80.1 Å². The molecule has 0 radical (unpaired) electrons. The van der Waals surface area contributed by atoms with Gasteiger partial charge in [0.25, 0.3) is 5.56 Å². The summed E-state index contributed by atoms with van der Waals surface area (Å²) < 4.78 is 1.20. The summed E-state index contributed by atoms with van der Waals surface area (Å²) in [5.41, 5.74) is 0.566. The summed E-state index contributed by atoms with van der Waals surface area (Å²) in [4.78, 5) is 30.3. The lowest BCUT2D eigenvalue weighted by atomic mass is 10.4. The van der Waals surface area contributed by atoms with E-state index in [-0.39, 0.29) is 18.0 Å². The Balaban J connectivity index is 1.71. The van der Waals surface area contributed by atoms with Crippen molar-refractivity contribution >= 4 is 40.0 Å². The molecule has 0 unspecified atom stereocenters. The Kier molecular flexibility index (Phi) is 4.97. The Bertz CT molecular complexity index is 752. The van der Waals surface area contributed by atoms with Crippen LogP contribution in [-0.4, -0.2) is 45.3 Å². The van der Waals surface area contributed by atoms with Gasteiger partial charge >= 0.3 is 0 Å². The summed E-state index contributed by atoms with van der Waals surface area (Å²) in [5, 5.41) is 9.40. The summed E-state index contributed by atoms with van der Waals surface area (Å²) in [6.07, 6.45) is 0. The summed E-state index contributed by atoms with van der Waals surface area (Å²) in [7, 11) is 0. The van der Waals surface area contributed by atoms with Crippen molar-refractivity contribution in [3.05, 3.63) is 33.6 Å². The van der Waals surface area contributed by atoms with Crippen LogP contribution in [0.3, 0.4) is 0 Å². The molecule has 1 N–H and O–H groups in total. The number of carbonyl (C=O) groups excluding carboxylic acids is 1. The molecule has 9 heteroatoms. The third kappa shape index (κ3) is 4.11. The number of thiazole rings is 1. The van der Waals surface area contributed by atoms with E-state index in [1.807, 2.05) is 24.1 Å². The third-order valence-electron chi connectivity index (χ3n) is 3.35. The second-order valence-corrected chi connectivity index (χ2v) is 7.21. The van der Waals surface area contributed by atoms with E-state index in [0.717, 1.165) is 36.1 Å². The Hall–Kier alpha value is -1.87. The first-order valence-electron chi connectivity index (χ1n) is 7.25. The highest BCUT2D eigenvalue weighted by Gasteiger charge is 2.15. The lowest BCUT2D eigenvalue weighted by Gasteiger charge is -2.27. The number of anilines is 2. The van der Waals surface area contributed by atoms with E-state index in [1.54, 1.807) is 6.07 Å². The first kappa shape index (κ1) is 16.0.